The zero-order chi connectivity index (χ0) is 12.2. The van der Waals surface area contributed by atoms with Gasteiger partial charge in [0.25, 0.3) is 0 Å². The van der Waals surface area contributed by atoms with Crippen molar-refractivity contribution in [2.45, 2.75) is 31.9 Å². The number of hydrogen-bond donors (Lipinski definition) is 2. The Morgan fingerprint density at radius 2 is 2.25 bits per heavy atom. The SMILES string of the molecule is CCS(=O)(=O)CC(C)NCC1(O)CCSC1. The van der Waals surface area contributed by atoms with E-state index in [9.17, 15) is 13.5 Å². The highest BCUT2D eigenvalue weighted by Crippen LogP contribution is 2.27. The number of sulfone groups is 1. The van der Waals surface area contributed by atoms with Crippen molar-refractivity contribution in [3.8, 4) is 0 Å². The van der Waals surface area contributed by atoms with E-state index in [0.717, 1.165) is 17.9 Å². The first kappa shape index (κ1) is 14.3. The molecule has 1 aliphatic rings. The second-order valence-electron chi connectivity index (χ2n) is 4.51. The van der Waals surface area contributed by atoms with Crippen LogP contribution in [-0.2, 0) is 9.84 Å². The van der Waals surface area contributed by atoms with Gasteiger partial charge in [0.1, 0.15) is 0 Å². The molecule has 6 heteroatoms. The fraction of sp³-hybridized carbons (Fsp3) is 1.00. The zero-order valence-corrected chi connectivity index (χ0v) is 11.5. The molecule has 0 saturated carbocycles. The average molecular weight is 267 g/mol. The van der Waals surface area contributed by atoms with E-state index in [2.05, 4.69) is 5.32 Å². The van der Waals surface area contributed by atoms with Crippen LogP contribution in [0.5, 0.6) is 0 Å². The van der Waals surface area contributed by atoms with Crippen molar-refractivity contribution < 1.29 is 13.5 Å². The van der Waals surface area contributed by atoms with Crippen LogP contribution >= 0.6 is 11.8 Å². The lowest BCUT2D eigenvalue weighted by atomic mass is 10.0. The number of thioether (sulfide) groups is 1. The van der Waals surface area contributed by atoms with E-state index in [1.807, 2.05) is 6.92 Å². The summed E-state index contributed by atoms with van der Waals surface area (Å²) in [6.45, 7) is 3.99. The van der Waals surface area contributed by atoms with Crippen molar-refractivity contribution in [3.05, 3.63) is 0 Å². The van der Waals surface area contributed by atoms with E-state index in [1.54, 1.807) is 18.7 Å². The lowest BCUT2D eigenvalue weighted by molar-refractivity contribution is 0.0658. The van der Waals surface area contributed by atoms with Crippen molar-refractivity contribution in [2.75, 3.05) is 29.6 Å². The molecule has 2 N–H and O–H groups in total. The zero-order valence-electron chi connectivity index (χ0n) is 9.90. The molecule has 0 aromatic heterocycles. The molecule has 1 aliphatic heterocycles. The van der Waals surface area contributed by atoms with Crippen molar-refractivity contribution in [2.24, 2.45) is 0 Å². The van der Waals surface area contributed by atoms with Crippen molar-refractivity contribution in [3.63, 3.8) is 0 Å². The second kappa shape index (κ2) is 5.71. The van der Waals surface area contributed by atoms with Crippen LogP contribution in [0.25, 0.3) is 0 Å². The highest BCUT2D eigenvalue weighted by molar-refractivity contribution is 7.99. The third kappa shape index (κ3) is 4.61. The Balaban J connectivity index is 2.32. The molecule has 0 aromatic carbocycles. The topological polar surface area (TPSA) is 66.4 Å². The minimum absolute atomic E-state index is 0.0976. The smallest absolute Gasteiger partial charge is 0.151 e. The number of nitrogens with one attached hydrogen (secondary N) is 1. The van der Waals surface area contributed by atoms with Gasteiger partial charge in [-0.3, -0.25) is 0 Å². The molecule has 1 heterocycles. The van der Waals surface area contributed by atoms with E-state index in [-0.39, 0.29) is 17.5 Å². The largest absolute Gasteiger partial charge is 0.388 e. The third-order valence-corrected chi connectivity index (χ3v) is 5.93. The van der Waals surface area contributed by atoms with Gasteiger partial charge in [0.15, 0.2) is 9.84 Å². The quantitative estimate of drug-likeness (QED) is 0.723. The van der Waals surface area contributed by atoms with Crippen LogP contribution in [0.4, 0.5) is 0 Å². The Hall–Kier alpha value is 0.220. The summed E-state index contributed by atoms with van der Waals surface area (Å²) in [4.78, 5) is 0. The molecule has 0 radical (unpaired) electrons. The van der Waals surface area contributed by atoms with Crippen molar-refractivity contribution in [1.29, 1.82) is 0 Å². The Bertz CT molecular complexity index is 310. The van der Waals surface area contributed by atoms with Gasteiger partial charge in [0.2, 0.25) is 0 Å². The molecule has 0 spiro atoms. The van der Waals surface area contributed by atoms with Gasteiger partial charge in [-0.2, -0.15) is 11.8 Å². The minimum atomic E-state index is -2.93. The molecule has 2 unspecified atom stereocenters. The van der Waals surface area contributed by atoms with Gasteiger partial charge in [-0.1, -0.05) is 6.92 Å². The second-order valence-corrected chi connectivity index (χ2v) is 8.01. The Morgan fingerprint density at radius 1 is 1.56 bits per heavy atom. The van der Waals surface area contributed by atoms with Crippen LogP contribution < -0.4 is 5.32 Å². The molecule has 4 nitrogen and oxygen atoms in total. The van der Waals surface area contributed by atoms with Crippen molar-refractivity contribution in [1.82, 2.24) is 5.32 Å². The summed E-state index contributed by atoms with van der Waals surface area (Å²) in [5, 5.41) is 13.2. The lowest BCUT2D eigenvalue weighted by Gasteiger charge is -2.24. The maximum atomic E-state index is 11.4. The van der Waals surface area contributed by atoms with E-state index >= 15 is 0 Å². The Labute approximate surface area is 102 Å². The fourth-order valence-corrected chi connectivity index (χ4v) is 4.07. The molecule has 1 fully saturated rings. The van der Waals surface area contributed by atoms with E-state index in [1.165, 1.54) is 0 Å². The molecule has 1 rings (SSSR count). The molecule has 0 aliphatic carbocycles. The standard InChI is InChI=1S/C10H21NO3S2/c1-3-16(13,14)6-9(2)11-7-10(12)4-5-15-8-10/h9,11-12H,3-8H2,1-2H3. The maximum Gasteiger partial charge on any atom is 0.151 e. The van der Waals surface area contributed by atoms with Crippen LogP contribution in [-0.4, -0.2) is 54.7 Å². The highest BCUT2D eigenvalue weighted by Gasteiger charge is 2.31. The van der Waals surface area contributed by atoms with Gasteiger partial charge < -0.3 is 10.4 Å². The molecule has 0 amide bonds. The molecule has 0 aromatic rings. The van der Waals surface area contributed by atoms with Gasteiger partial charge in [0, 0.05) is 24.1 Å². The van der Waals surface area contributed by atoms with Gasteiger partial charge in [-0.25, -0.2) is 8.42 Å². The molecular weight excluding hydrogens is 246 g/mol. The third-order valence-electron chi connectivity index (χ3n) is 2.81. The van der Waals surface area contributed by atoms with Gasteiger partial charge in [0.05, 0.1) is 11.4 Å². The van der Waals surface area contributed by atoms with Gasteiger partial charge in [-0.05, 0) is 19.1 Å². The summed E-state index contributed by atoms with van der Waals surface area (Å²) in [7, 11) is -2.93. The van der Waals surface area contributed by atoms with Crippen LogP contribution in [0.3, 0.4) is 0 Å². The fourth-order valence-electron chi connectivity index (χ4n) is 1.66. The highest BCUT2D eigenvalue weighted by atomic mass is 32.2. The monoisotopic (exact) mass is 267 g/mol. The lowest BCUT2D eigenvalue weighted by Crippen LogP contribution is -2.45. The Kier molecular flexibility index (Phi) is 5.10. The first-order chi connectivity index (χ1) is 7.37. The number of hydrogen-bond acceptors (Lipinski definition) is 5. The first-order valence-electron chi connectivity index (χ1n) is 5.61. The molecule has 1 saturated heterocycles. The van der Waals surface area contributed by atoms with Crippen LogP contribution in [0.2, 0.25) is 0 Å². The summed E-state index contributed by atoms with van der Waals surface area (Å²) in [5.74, 6) is 2.05. The summed E-state index contributed by atoms with van der Waals surface area (Å²) < 4.78 is 22.8. The molecule has 16 heavy (non-hydrogen) atoms. The van der Waals surface area contributed by atoms with Gasteiger partial charge in [-0.15, -0.1) is 0 Å². The number of rotatable bonds is 6. The van der Waals surface area contributed by atoms with E-state index in [0.29, 0.717) is 6.54 Å². The molecule has 96 valence electrons. The maximum absolute atomic E-state index is 11.4. The number of aliphatic hydroxyl groups is 1. The van der Waals surface area contributed by atoms with Crippen molar-refractivity contribution >= 4 is 21.6 Å². The molecule has 0 bridgehead atoms. The average Bonchev–Trinajstić information content (AvgIpc) is 2.63. The predicted octanol–water partition coefficient (Wildman–Crippen LogP) is 0.267. The van der Waals surface area contributed by atoms with Crippen LogP contribution in [0.15, 0.2) is 0 Å². The normalized spacial score (nSPS) is 28.2. The summed E-state index contributed by atoms with van der Waals surface area (Å²) in [6, 6.07) is -0.0976. The first-order valence-corrected chi connectivity index (χ1v) is 8.58. The van der Waals surface area contributed by atoms with Gasteiger partial charge >= 0.3 is 0 Å². The molecular formula is C10H21NO3S2. The summed E-state index contributed by atoms with van der Waals surface area (Å²) >= 11 is 1.74. The minimum Gasteiger partial charge on any atom is -0.388 e. The Morgan fingerprint density at radius 3 is 2.75 bits per heavy atom. The van der Waals surface area contributed by atoms with E-state index < -0.39 is 15.4 Å². The molecule has 2 atom stereocenters. The van der Waals surface area contributed by atoms with Crippen LogP contribution in [0, 0.1) is 0 Å². The predicted molar refractivity (Wildman–Crippen MR) is 68.7 cm³/mol. The summed E-state index contributed by atoms with van der Waals surface area (Å²) in [6.07, 6.45) is 0.790. The van der Waals surface area contributed by atoms with Crippen LogP contribution in [0.1, 0.15) is 20.3 Å². The van der Waals surface area contributed by atoms with E-state index in [4.69, 9.17) is 0 Å². The summed E-state index contributed by atoms with van der Waals surface area (Å²) in [5.41, 5.74) is -0.644.